The van der Waals surface area contributed by atoms with Crippen molar-refractivity contribution in [2.75, 3.05) is 0 Å². The van der Waals surface area contributed by atoms with E-state index in [4.69, 9.17) is 16.7 Å². The van der Waals surface area contributed by atoms with Gasteiger partial charge < -0.3 is 5.11 Å². The SMILES string of the molecule is O=C(O)/C=C/c1ccc(-c2ccccc2C(F)(F)F)cc1Cl. The van der Waals surface area contributed by atoms with Gasteiger partial charge in [0.25, 0.3) is 0 Å². The molecule has 0 fully saturated rings. The van der Waals surface area contributed by atoms with Gasteiger partial charge in [-0.2, -0.15) is 13.2 Å². The van der Waals surface area contributed by atoms with Gasteiger partial charge in [-0.15, -0.1) is 0 Å². The molecule has 2 aromatic rings. The Morgan fingerprint density at radius 2 is 1.82 bits per heavy atom. The van der Waals surface area contributed by atoms with E-state index in [1.165, 1.54) is 42.5 Å². The lowest BCUT2D eigenvalue weighted by atomic mass is 9.98. The van der Waals surface area contributed by atoms with E-state index in [1.807, 2.05) is 0 Å². The number of carboxylic acid groups (broad SMARTS) is 1. The number of carboxylic acids is 1. The molecule has 0 spiro atoms. The standard InChI is InChI=1S/C16H10ClF3O2/c17-14-9-11(6-5-10(14)7-8-15(21)22)12-3-1-2-4-13(12)16(18,19)20/h1-9H,(H,21,22)/b8-7+. The van der Waals surface area contributed by atoms with Gasteiger partial charge in [0.1, 0.15) is 0 Å². The molecule has 2 rings (SSSR count). The van der Waals surface area contributed by atoms with Crippen molar-refractivity contribution >= 4 is 23.6 Å². The fourth-order valence-electron chi connectivity index (χ4n) is 1.97. The van der Waals surface area contributed by atoms with E-state index in [2.05, 4.69) is 0 Å². The van der Waals surface area contributed by atoms with Crippen molar-refractivity contribution in [2.24, 2.45) is 0 Å². The maximum atomic E-state index is 13.0. The molecule has 2 aromatic carbocycles. The van der Waals surface area contributed by atoms with Crippen LogP contribution in [0.25, 0.3) is 17.2 Å². The number of alkyl halides is 3. The number of halogens is 4. The molecule has 0 aromatic heterocycles. The van der Waals surface area contributed by atoms with Gasteiger partial charge in [-0.05, 0) is 34.9 Å². The van der Waals surface area contributed by atoms with Crippen LogP contribution in [0.4, 0.5) is 13.2 Å². The molecule has 22 heavy (non-hydrogen) atoms. The normalized spacial score (nSPS) is 11.8. The highest BCUT2D eigenvalue weighted by Gasteiger charge is 2.33. The van der Waals surface area contributed by atoms with Crippen molar-refractivity contribution in [2.45, 2.75) is 6.18 Å². The lowest BCUT2D eigenvalue weighted by molar-refractivity contribution is -0.137. The summed E-state index contributed by atoms with van der Waals surface area (Å²) in [6, 6.07) is 9.52. The summed E-state index contributed by atoms with van der Waals surface area (Å²) in [5.74, 6) is -1.14. The van der Waals surface area contributed by atoms with Crippen LogP contribution in [0.1, 0.15) is 11.1 Å². The second kappa shape index (κ2) is 6.23. The number of hydrogen-bond donors (Lipinski definition) is 1. The molecule has 0 amide bonds. The maximum Gasteiger partial charge on any atom is 0.417 e. The molecular formula is C16H10ClF3O2. The zero-order chi connectivity index (χ0) is 16.3. The lowest BCUT2D eigenvalue weighted by Gasteiger charge is -2.13. The summed E-state index contributed by atoms with van der Waals surface area (Å²) in [4.78, 5) is 10.5. The molecule has 2 nitrogen and oxygen atoms in total. The van der Waals surface area contributed by atoms with E-state index in [1.54, 1.807) is 0 Å². The molecule has 6 heteroatoms. The molecule has 0 aliphatic heterocycles. The van der Waals surface area contributed by atoms with Crippen LogP contribution >= 0.6 is 11.6 Å². The fraction of sp³-hybridized carbons (Fsp3) is 0.0625. The minimum atomic E-state index is -4.47. The molecule has 0 unspecified atom stereocenters. The molecule has 0 saturated heterocycles. The molecule has 1 N–H and O–H groups in total. The minimum Gasteiger partial charge on any atom is -0.478 e. The zero-order valence-electron chi connectivity index (χ0n) is 11.1. The number of hydrogen-bond acceptors (Lipinski definition) is 1. The number of aliphatic carboxylic acids is 1. The van der Waals surface area contributed by atoms with E-state index in [0.717, 1.165) is 12.1 Å². The third kappa shape index (κ3) is 3.68. The molecular weight excluding hydrogens is 317 g/mol. The van der Waals surface area contributed by atoms with Gasteiger partial charge >= 0.3 is 12.1 Å². The van der Waals surface area contributed by atoms with Crippen molar-refractivity contribution in [3.8, 4) is 11.1 Å². The quantitative estimate of drug-likeness (QED) is 0.794. The number of benzene rings is 2. The Bertz CT molecular complexity index is 736. The predicted octanol–water partition coefficient (Wildman–Crippen LogP) is 5.12. The van der Waals surface area contributed by atoms with E-state index < -0.39 is 17.7 Å². The third-order valence-corrected chi connectivity index (χ3v) is 3.28. The molecule has 0 aliphatic rings. The van der Waals surface area contributed by atoms with Crippen LogP contribution in [-0.2, 0) is 11.0 Å². The molecule has 0 atom stereocenters. The summed E-state index contributed by atoms with van der Waals surface area (Å²) in [6.07, 6.45) is -2.28. The number of carbonyl (C=O) groups is 1. The van der Waals surface area contributed by atoms with Crippen LogP contribution in [-0.4, -0.2) is 11.1 Å². The predicted molar refractivity (Wildman–Crippen MR) is 78.6 cm³/mol. The topological polar surface area (TPSA) is 37.3 Å². The van der Waals surface area contributed by atoms with E-state index in [9.17, 15) is 18.0 Å². The summed E-state index contributed by atoms with van der Waals surface area (Å²) in [7, 11) is 0. The largest absolute Gasteiger partial charge is 0.478 e. The Labute approximate surface area is 129 Å². The minimum absolute atomic E-state index is 0.0191. The highest BCUT2D eigenvalue weighted by atomic mass is 35.5. The average molecular weight is 327 g/mol. The van der Waals surface area contributed by atoms with Crippen LogP contribution in [0.2, 0.25) is 5.02 Å². The van der Waals surface area contributed by atoms with Gasteiger partial charge in [-0.3, -0.25) is 0 Å². The second-order valence-electron chi connectivity index (χ2n) is 4.45. The summed E-state index contributed by atoms with van der Waals surface area (Å²) in [6.45, 7) is 0. The van der Waals surface area contributed by atoms with Gasteiger partial charge in [-0.1, -0.05) is 41.9 Å². The van der Waals surface area contributed by atoms with Crippen molar-refractivity contribution in [3.05, 3.63) is 64.7 Å². The van der Waals surface area contributed by atoms with Crippen molar-refractivity contribution in [3.63, 3.8) is 0 Å². The summed E-state index contributed by atoms with van der Waals surface area (Å²) >= 11 is 6.00. The molecule has 0 bridgehead atoms. The Hall–Kier alpha value is -2.27. The third-order valence-electron chi connectivity index (χ3n) is 2.95. The van der Waals surface area contributed by atoms with Crippen LogP contribution in [0.3, 0.4) is 0 Å². The highest BCUT2D eigenvalue weighted by molar-refractivity contribution is 6.32. The van der Waals surface area contributed by atoms with Crippen LogP contribution in [0, 0.1) is 0 Å². The van der Waals surface area contributed by atoms with E-state index in [-0.39, 0.29) is 10.6 Å². The molecule has 0 heterocycles. The van der Waals surface area contributed by atoms with Crippen LogP contribution < -0.4 is 0 Å². The van der Waals surface area contributed by atoms with Gasteiger partial charge in [0, 0.05) is 11.1 Å². The fourth-order valence-corrected chi connectivity index (χ4v) is 2.22. The van der Waals surface area contributed by atoms with E-state index >= 15 is 0 Å². The summed E-state index contributed by atoms with van der Waals surface area (Å²) < 4.78 is 39.0. The maximum absolute atomic E-state index is 13.0. The first-order valence-electron chi connectivity index (χ1n) is 6.16. The van der Waals surface area contributed by atoms with Crippen molar-refractivity contribution in [1.82, 2.24) is 0 Å². The second-order valence-corrected chi connectivity index (χ2v) is 4.86. The van der Waals surface area contributed by atoms with Gasteiger partial charge in [0.05, 0.1) is 5.56 Å². The average Bonchev–Trinajstić information content (AvgIpc) is 2.45. The van der Waals surface area contributed by atoms with E-state index in [0.29, 0.717) is 11.1 Å². The van der Waals surface area contributed by atoms with Gasteiger partial charge in [0.2, 0.25) is 0 Å². The zero-order valence-corrected chi connectivity index (χ0v) is 11.8. The molecule has 0 aliphatic carbocycles. The Morgan fingerprint density at radius 3 is 2.41 bits per heavy atom. The van der Waals surface area contributed by atoms with Crippen molar-refractivity contribution in [1.29, 1.82) is 0 Å². The Kier molecular flexibility index (Phi) is 4.56. The highest BCUT2D eigenvalue weighted by Crippen LogP contribution is 2.37. The van der Waals surface area contributed by atoms with Crippen molar-refractivity contribution < 1.29 is 23.1 Å². The lowest BCUT2D eigenvalue weighted by Crippen LogP contribution is -2.06. The monoisotopic (exact) mass is 326 g/mol. The van der Waals surface area contributed by atoms with Crippen LogP contribution in [0.15, 0.2) is 48.5 Å². The molecule has 0 radical (unpaired) electrons. The van der Waals surface area contributed by atoms with Gasteiger partial charge in [-0.25, -0.2) is 4.79 Å². The molecule has 0 saturated carbocycles. The van der Waals surface area contributed by atoms with Gasteiger partial charge in [0.15, 0.2) is 0 Å². The first kappa shape index (κ1) is 16.1. The van der Waals surface area contributed by atoms with Crippen LogP contribution in [0.5, 0.6) is 0 Å². The molecule has 114 valence electrons. The first-order valence-corrected chi connectivity index (χ1v) is 6.54. The Balaban J connectivity index is 2.48. The summed E-state index contributed by atoms with van der Waals surface area (Å²) in [5.41, 5.74) is -0.00624. The summed E-state index contributed by atoms with van der Waals surface area (Å²) in [5, 5.41) is 8.74. The smallest absolute Gasteiger partial charge is 0.417 e. The number of rotatable bonds is 3. The first-order chi connectivity index (χ1) is 10.3. The Morgan fingerprint density at radius 1 is 1.14 bits per heavy atom.